The molecular formula is C13H16N2O4S. The van der Waals surface area contributed by atoms with Gasteiger partial charge in [0.1, 0.15) is 11.8 Å². The van der Waals surface area contributed by atoms with Gasteiger partial charge in [-0.25, -0.2) is 4.79 Å². The number of phenols is 1. The van der Waals surface area contributed by atoms with E-state index in [0.29, 0.717) is 18.1 Å². The van der Waals surface area contributed by atoms with E-state index in [4.69, 9.17) is 10.8 Å². The molecule has 1 amide bonds. The fourth-order valence-electron chi connectivity index (χ4n) is 2.05. The molecule has 108 valence electrons. The molecule has 1 heterocycles. The molecule has 0 unspecified atom stereocenters. The van der Waals surface area contributed by atoms with Gasteiger partial charge in [0, 0.05) is 5.75 Å². The largest absolute Gasteiger partial charge is 0.508 e. The predicted molar refractivity (Wildman–Crippen MR) is 75.4 cm³/mol. The van der Waals surface area contributed by atoms with E-state index in [1.807, 2.05) is 0 Å². The number of carboxylic acids is 1. The zero-order valence-electron chi connectivity index (χ0n) is 10.7. The van der Waals surface area contributed by atoms with Crippen LogP contribution in [0.1, 0.15) is 5.56 Å². The van der Waals surface area contributed by atoms with Crippen LogP contribution < -0.4 is 5.73 Å². The first-order valence-corrected chi connectivity index (χ1v) is 7.29. The van der Waals surface area contributed by atoms with Gasteiger partial charge in [-0.05, 0) is 24.1 Å². The molecule has 0 bridgehead atoms. The van der Waals surface area contributed by atoms with Gasteiger partial charge in [-0.2, -0.15) is 0 Å². The number of phenolic OH excluding ortho intramolecular Hbond substituents is 1. The van der Waals surface area contributed by atoms with Crippen LogP contribution >= 0.6 is 11.8 Å². The molecule has 0 radical (unpaired) electrons. The second kappa shape index (κ2) is 6.15. The van der Waals surface area contributed by atoms with E-state index in [9.17, 15) is 14.7 Å². The monoisotopic (exact) mass is 296 g/mol. The Kier molecular flexibility index (Phi) is 4.51. The van der Waals surface area contributed by atoms with Gasteiger partial charge >= 0.3 is 5.97 Å². The Morgan fingerprint density at radius 3 is 2.65 bits per heavy atom. The second-order valence-corrected chi connectivity index (χ2v) is 5.64. The zero-order chi connectivity index (χ0) is 14.7. The summed E-state index contributed by atoms with van der Waals surface area (Å²) in [6.45, 7) is 0. The summed E-state index contributed by atoms with van der Waals surface area (Å²) in [5, 5.41) is 18.3. The Labute approximate surface area is 120 Å². The van der Waals surface area contributed by atoms with Crippen LogP contribution in [0.4, 0.5) is 0 Å². The van der Waals surface area contributed by atoms with E-state index in [1.165, 1.54) is 28.8 Å². The van der Waals surface area contributed by atoms with Gasteiger partial charge in [0.2, 0.25) is 5.91 Å². The Morgan fingerprint density at radius 2 is 2.05 bits per heavy atom. The van der Waals surface area contributed by atoms with E-state index >= 15 is 0 Å². The molecule has 0 aromatic heterocycles. The summed E-state index contributed by atoms with van der Waals surface area (Å²) in [5.74, 6) is -0.447. The fourth-order valence-corrected chi connectivity index (χ4v) is 3.21. The summed E-state index contributed by atoms with van der Waals surface area (Å²) in [7, 11) is 0. The standard InChI is InChI=1S/C13H16N2O4S/c14-10(5-8-1-3-9(16)4-2-8)12(17)15-7-20-6-11(15)13(18)19/h1-4,10-11,16H,5-7,14H2,(H,18,19)/t10-,11+/m1/s1. The predicted octanol–water partition coefficient (Wildman–Crippen LogP) is 0.248. The highest BCUT2D eigenvalue weighted by Crippen LogP contribution is 2.22. The van der Waals surface area contributed by atoms with Crippen molar-refractivity contribution >= 4 is 23.6 Å². The van der Waals surface area contributed by atoms with Gasteiger partial charge in [-0.1, -0.05) is 12.1 Å². The maximum atomic E-state index is 12.2. The molecule has 0 aliphatic carbocycles. The molecule has 1 aliphatic rings. The number of nitrogens with two attached hydrogens (primary N) is 1. The molecule has 4 N–H and O–H groups in total. The molecule has 6 nitrogen and oxygen atoms in total. The molecule has 20 heavy (non-hydrogen) atoms. The summed E-state index contributed by atoms with van der Waals surface area (Å²) in [6, 6.07) is 4.86. The molecule has 1 aromatic carbocycles. The number of hydrogen-bond acceptors (Lipinski definition) is 5. The lowest BCUT2D eigenvalue weighted by Crippen LogP contribution is -2.49. The second-order valence-electron chi connectivity index (χ2n) is 4.64. The number of carbonyl (C=O) groups is 2. The van der Waals surface area contributed by atoms with Gasteiger partial charge in [0.25, 0.3) is 0 Å². The van der Waals surface area contributed by atoms with Gasteiger partial charge in [-0.3, -0.25) is 4.79 Å². The first-order chi connectivity index (χ1) is 9.49. The van der Waals surface area contributed by atoms with Crippen molar-refractivity contribution in [2.75, 3.05) is 11.6 Å². The molecule has 0 saturated carbocycles. The summed E-state index contributed by atoms with van der Waals surface area (Å²) >= 11 is 1.41. The van der Waals surface area contributed by atoms with E-state index in [2.05, 4.69) is 0 Å². The maximum absolute atomic E-state index is 12.2. The molecular weight excluding hydrogens is 280 g/mol. The van der Waals surface area contributed by atoms with E-state index in [-0.39, 0.29) is 11.7 Å². The lowest BCUT2D eigenvalue weighted by Gasteiger charge is -2.24. The smallest absolute Gasteiger partial charge is 0.327 e. The van der Waals surface area contributed by atoms with E-state index in [0.717, 1.165) is 5.56 Å². The number of thioether (sulfide) groups is 1. The van der Waals surface area contributed by atoms with Crippen LogP contribution in [0.3, 0.4) is 0 Å². The molecule has 1 aromatic rings. The van der Waals surface area contributed by atoms with Crippen molar-refractivity contribution in [2.24, 2.45) is 5.73 Å². The minimum absolute atomic E-state index is 0.149. The van der Waals surface area contributed by atoms with Crippen molar-refractivity contribution < 1.29 is 19.8 Å². The van der Waals surface area contributed by atoms with E-state index in [1.54, 1.807) is 12.1 Å². The molecule has 7 heteroatoms. The van der Waals surface area contributed by atoms with Gasteiger partial charge in [-0.15, -0.1) is 11.8 Å². The van der Waals surface area contributed by atoms with Crippen LogP contribution in [0.2, 0.25) is 0 Å². The minimum Gasteiger partial charge on any atom is -0.508 e. The first kappa shape index (κ1) is 14.7. The zero-order valence-corrected chi connectivity index (χ0v) is 11.5. The summed E-state index contributed by atoms with van der Waals surface area (Å²) in [5.41, 5.74) is 6.70. The highest BCUT2D eigenvalue weighted by Gasteiger charge is 2.36. The van der Waals surface area contributed by atoms with Crippen LogP contribution in [-0.4, -0.2) is 50.7 Å². The highest BCUT2D eigenvalue weighted by atomic mass is 32.2. The molecule has 1 aliphatic heterocycles. The molecule has 0 spiro atoms. The molecule has 2 rings (SSSR count). The normalized spacial score (nSPS) is 19.9. The summed E-state index contributed by atoms with van der Waals surface area (Å²) in [4.78, 5) is 24.6. The number of carboxylic acid groups (broad SMARTS) is 1. The molecule has 1 fully saturated rings. The Balaban J connectivity index is 2.01. The van der Waals surface area contributed by atoms with Gasteiger partial charge < -0.3 is 20.8 Å². The summed E-state index contributed by atoms with van der Waals surface area (Å²) in [6.07, 6.45) is 0.312. The van der Waals surface area contributed by atoms with Crippen LogP contribution in [0.15, 0.2) is 24.3 Å². The number of nitrogens with zero attached hydrogens (tertiary/aromatic N) is 1. The lowest BCUT2D eigenvalue weighted by molar-refractivity contribution is -0.148. The van der Waals surface area contributed by atoms with Crippen LogP contribution in [-0.2, 0) is 16.0 Å². The third-order valence-electron chi connectivity index (χ3n) is 3.16. The quantitative estimate of drug-likeness (QED) is 0.735. The Morgan fingerprint density at radius 1 is 1.40 bits per heavy atom. The maximum Gasteiger partial charge on any atom is 0.327 e. The topological polar surface area (TPSA) is 104 Å². The van der Waals surface area contributed by atoms with Crippen LogP contribution in [0.5, 0.6) is 5.75 Å². The van der Waals surface area contributed by atoms with E-state index < -0.39 is 18.1 Å². The first-order valence-electron chi connectivity index (χ1n) is 6.13. The third-order valence-corrected chi connectivity index (χ3v) is 4.17. The molecule has 1 saturated heterocycles. The average molecular weight is 296 g/mol. The lowest BCUT2D eigenvalue weighted by atomic mass is 10.0. The van der Waals surface area contributed by atoms with Crippen LogP contribution in [0, 0.1) is 0 Å². The molecule has 2 atom stereocenters. The van der Waals surface area contributed by atoms with Crippen molar-refractivity contribution in [3.63, 3.8) is 0 Å². The number of hydrogen-bond donors (Lipinski definition) is 3. The van der Waals surface area contributed by atoms with Crippen molar-refractivity contribution in [2.45, 2.75) is 18.5 Å². The third kappa shape index (κ3) is 3.23. The number of rotatable bonds is 4. The van der Waals surface area contributed by atoms with Crippen molar-refractivity contribution in [1.29, 1.82) is 0 Å². The van der Waals surface area contributed by atoms with Crippen molar-refractivity contribution in [3.8, 4) is 5.75 Å². The summed E-state index contributed by atoms with van der Waals surface area (Å²) < 4.78 is 0. The fraction of sp³-hybridized carbons (Fsp3) is 0.385. The number of aromatic hydroxyl groups is 1. The highest BCUT2D eigenvalue weighted by molar-refractivity contribution is 7.99. The van der Waals surface area contributed by atoms with Gasteiger partial charge in [0.15, 0.2) is 0 Å². The number of carbonyl (C=O) groups excluding carboxylic acids is 1. The number of aliphatic carboxylic acids is 1. The van der Waals surface area contributed by atoms with Crippen molar-refractivity contribution in [1.82, 2.24) is 4.90 Å². The average Bonchev–Trinajstić information content (AvgIpc) is 2.90. The Bertz CT molecular complexity index is 506. The SMILES string of the molecule is N[C@H](Cc1ccc(O)cc1)C(=O)N1CSC[C@H]1C(=O)O. The minimum atomic E-state index is -1.000. The number of benzene rings is 1. The Hall–Kier alpha value is -1.73. The van der Waals surface area contributed by atoms with Gasteiger partial charge in [0.05, 0.1) is 11.9 Å². The van der Waals surface area contributed by atoms with Crippen LogP contribution in [0.25, 0.3) is 0 Å². The van der Waals surface area contributed by atoms with Crippen molar-refractivity contribution in [3.05, 3.63) is 29.8 Å². The number of amides is 1.